The van der Waals surface area contributed by atoms with E-state index in [1.807, 2.05) is 6.92 Å². The van der Waals surface area contributed by atoms with Crippen molar-refractivity contribution < 1.29 is 17.5 Å². The molecular formula is C15H19FN4O3S. The lowest BCUT2D eigenvalue weighted by Crippen LogP contribution is -2.33. The topological polar surface area (TPSA) is 86.1 Å². The van der Waals surface area contributed by atoms with E-state index in [4.69, 9.17) is 4.74 Å². The normalized spacial score (nSPS) is 18.2. The van der Waals surface area contributed by atoms with E-state index in [2.05, 4.69) is 15.0 Å². The third-order valence-electron chi connectivity index (χ3n) is 4.07. The standard InChI is InChI=1S/C15H19FN4O3S/c1-10-3-4-13(5-14(10)16)24(21,22)17-6-12-7-20-15(9-23-8-12)11(2)18-19-20/h3-5,12,17H,6-9H2,1-2H3. The van der Waals surface area contributed by atoms with Crippen molar-refractivity contribution in [1.29, 1.82) is 0 Å². The molecule has 0 fully saturated rings. The Morgan fingerprint density at radius 2 is 2.21 bits per heavy atom. The second kappa shape index (κ2) is 6.58. The third kappa shape index (κ3) is 3.47. The number of benzene rings is 1. The summed E-state index contributed by atoms with van der Waals surface area (Å²) in [5.41, 5.74) is 2.12. The summed E-state index contributed by atoms with van der Waals surface area (Å²) >= 11 is 0. The molecule has 0 bridgehead atoms. The van der Waals surface area contributed by atoms with Crippen LogP contribution in [-0.2, 0) is 27.9 Å². The maximum Gasteiger partial charge on any atom is 0.240 e. The minimum atomic E-state index is -3.77. The second-order valence-corrected chi connectivity index (χ2v) is 7.71. The van der Waals surface area contributed by atoms with E-state index >= 15 is 0 Å². The SMILES string of the molecule is Cc1ccc(S(=O)(=O)NCC2COCc3c(C)nnn3C2)cc1F. The van der Waals surface area contributed by atoms with E-state index in [0.717, 1.165) is 17.5 Å². The van der Waals surface area contributed by atoms with E-state index in [9.17, 15) is 12.8 Å². The molecule has 130 valence electrons. The van der Waals surface area contributed by atoms with Crippen LogP contribution in [-0.4, -0.2) is 36.6 Å². The van der Waals surface area contributed by atoms with Gasteiger partial charge in [-0.25, -0.2) is 22.2 Å². The Balaban J connectivity index is 1.69. The highest BCUT2D eigenvalue weighted by Gasteiger charge is 2.23. The first-order valence-electron chi connectivity index (χ1n) is 7.59. The lowest BCUT2D eigenvalue weighted by molar-refractivity contribution is 0.0954. The van der Waals surface area contributed by atoms with Crippen LogP contribution in [0.5, 0.6) is 0 Å². The molecule has 1 aromatic heterocycles. The number of aryl methyl sites for hydroxylation is 2. The van der Waals surface area contributed by atoms with Gasteiger partial charge in [0.2, 0.25) is 10.0 Å². The highest BCUT2D eigenvalue weighted by Crippen LogP contribution is 2.17. The van der Waals surface area contributed by atoms with Crippen LogP contribution in [0.4, 0.5) is 4.39 Å². The van der Waals surface area contributed by atoms with E-state index in [-0.39, 0.29) is 17.4 Å². The van der Waals surface area contributed by atoms with E-state index in [0.29, 0.717) is 25.3 Å². The summed E-state index contributed by atoms with van der Waals surface area (Å²) in [4.78, 5) is -0.0857. The Morgan fingerprint density at radius 3 is 2.96 bits per heavy atom. The molecule has 0 spiro atoms. The molecule has 0 amide bonds. The maximum atomic E-state index is 13.6. The van der Waals surface area contributed by atoms with Gasteiger partial charge in [0.05, 0.1) is 29.5 Å². The number of nitrogens with zero attached hydrogens (tertiary/aromatic N) is 3. The zero-order valence-corrected chi connectivity index (χ0v) is 14.3. The molecule has 1 aliphatic rings. The van der Waals surface area contributed by atoms with Gasteiger partial charge in [0.15, 0.2) is 0 Å². The number of ether oxygens (including phenoxy) is 1. The van der Waals surface area contributed by atoms with Gasteiger partial charge in [-0.2, -0.15) is 0 Å². The van der Waals surface area contributed by atoms with Crippen LogP contribution in [0.3, 0.4) is 0 Å². The molecule has 24 heavy (non-hydrogen) atoms. The van der Waals surface area contributed by atoms with Crippen LogP contribution in [0.25, 0.3) is 0 Å². The van der Waals surface area contributed by atoms with Gasteiger partial charge in [0.1, 0.15) is 5.82 Å². The van der Waals surface area contributed by atoms with E-state index in [1.165, 1.54) is 12.1 Å². The van der Waals surface area contributed by atoms with E-state index in [1.54, 1.807) is 11.6 Å². The second-order valence-electron chi connectivity index (χ2n) is 5.95. The number of halogens is 1. The molecule has 0 saturated heterocycles. The Kier molecular flexibility index (Phi) is 4.66. The summed E-state index contributed by atoms with van der Waals surface area (Å²) in [5, 5.41) is 8.05. The molecule has 7 nitrogen and oxygen atoms in total. The van der Waals surface area contributed by atoms with Crippen LogP contribution in [0.15, 0.2) is 23.1 Å². The lowest BCUT2D eigenvalue weighted by atomic mass is 10.1. The molecule has 1 N–H and O–H groups in total. The summed E-state index contributed by atoms with van der Waals surface area (Å²) in [6.07, 6.45) is 0. The minimum Gasteiger partial charge on any atom is -0.375 e. The van der Waals surface area contributed by atoms with Gasteiger partial charge < -0.3 is 4.74 Å². The highest BCUT2D eigenvalue weighted by atomic mass is 32.2. The molecule has 0 radical (unpaired) electrons. The van der Waals surface area contributed by atoms with Crippen molar-refractivity contribution in [2.24, 2.45) is 5.92 Å². The first kappa shape index (κ1) is 17.0. The van der Waals surface area contributed by atoms with Crippen LogP contribution in [0.2, 0.25) is 0 Å². The smallest absolute Gasteiger partial charge is 0.240 e. The molecular weight excluding hydrogens is 335 g/mol. The Morgan fingerprint density at radius 1 is 1.42 bits per heavy atom. The molecule has 2 heterocycles. The third-order valence-corrected chi connectivity index (χ3v) is 5.49. The first-order chi connectivity index (χ1) is 11.4. The Labute approximate surface area is 139 Å². The fourth-order valence-electron chi connectivity index (χ4n) is 2.54. The predicted octanol–water partition coefficient (Wildman–Crippen LogP) is 1.16. The summed E-state index contributed by atoms with van der Waals surface area (Å²) in [6, 6.07) is 3.87. The van der Waals surface area contributed by atoms with Gasteiger partial charge in [-0.3, -0.25) is 0 Å². The minimum absolute atomic E-state index is 0.0857. The molecule has 2 aromatic rings. The Hall–Kier alpha value is -1.84. The molecule has 1 atom stereocenters. The molecule has 1 aliphatic heterocycles. The zero-order chi connectivity index (χ0) is 17.3. The number of fused-ring (bicyclic) bond motifs is 1. The van der Waals surface area contributed by atoms with Crippen LogP contribution < -0.4 is 4.72 Å². The Bertz CT molecular complexity index is 850. The van der Waals surface area contributed by atoms with Gasteiger partial charge in [-0.15, -0.1) is 5.10 Å². The average Bonchev–Trinajstić information content (AvgIpc) is 2.77. The number of hydrogen-bond donors (Lipinski definition) is 1. The molecule has 1 aromatic carbocycles. The van der Waals surface area contributed by atoms with Crippen LogP contribution in [0, 0.1) is 25.6 Å². The maximum absolute atomic E-state index is 13.6. The average molecular weight is 354 g/mol. The monoisotopic (exact) mass is 354 g/mol. The molecule has 3 rings (SSSR count). The van der Waals surface area contributed by atoms with E-state index < -0.39 is 15.8 Å². The molecule has 9 heteroatoms. The summed E-state index contributed by atoms with van der Waals surface area (Å²) in [5.74, 6) is -0.629. The summed E-state index contributed by atoms with van der Waals surface area (Å²) in [7, 11) is -3.77. The van der Waals surface area contributed by atoms with Gasteiger partial charge in [-0.1, -0.05) is 11.3 Å². The summed E-state index contributed by atoms with van der Waals surface area (Å²) < 4.78 is 48.1. The molecule has 0 saturated carbocycles. The fraction of sp³-hybridized carbons (Fsp3) is 0.467. The molecule has 0 aliphatic carbocycles. The largest absolute Gasteiger partial charge is 0.375 e. The van der Waals surface area contributed by atoms with Crippen molar-refractivity contribution >= 4 is 10.0 Å². The lowest BCUT2D eigenvalue weighted by Gasteiger charge is -2.15. The van der Waals surface area contributed by atoms with Crippen LogP contribution in [0.1, 0.15) is 17.0 Å². The number of sulfonamides is 1. The quantitative estimate of drug-likeness (QED) is 0.890. The van der Waals surface area contributed by atoms with Gasteiger partial charge in [-0.05, 0) is 31.5 Å². The van der Waals surface area contributed by atoms with Crippen molar-refractivity contribution in [2.75, 3.05) is 13.2 Å². The number of nitrogens with one attached hydrogen (secondary N) is 1. The van der Waals surface area contributed by atoms with Crippen LogP contribution >= 0.6 is 0 Å². The first-order valence-corrected chi connectivity index (χ1v) is 9.07. The van der Waals surface area contributed by atoms with Gasteiger partial charge >= 0.3 is 0 Å². The number of rotatable bonds is 4. The molecule has 1 unspecified atom stereocenters. The van der Waals surface area contributed by atoms with Crippen molar-refractivity contribution in [3.63, 3.8) is 0 Å². The van der Waals surface area contributed by atoms with Gasteiger partial charge in [0.25, 0.3) is 0 Å². The van der Waals surface area contributed by atoms with Crippen molar-refractivity contribution in [2.45, 2.75) is 31.9 Å². The predicted molar refractivity (Wildman–Crippen MR) is 84.2 cm³/mol. The van der Waals surface area contributed by atoms with Crippen molar-refractivity contribution in [3.05, 3.63) is 41.0 Å². The van der Waals surface area contributed by atoms with Crippen molar-refractivity contribution in [1.82, 2.24) is 19.7 Å². The number of aromatic nitrogens is 3. The summed E-state index contributed by atoms with van der Waals surface area (Å²) in [6.45, 7) is 4.95. The zero-order valence-electron chi connectivity index (χ0n) is 13.5. The van der Waals surface area contributed by atoms with Crippen molar-refractivity contribution in [3.8, 4) is 0 Å². The fourth-order valence-corrected chi connectivity index (χ4v) is 3.67. The highest BCUT2D eigenvalue weighted by molar-refractivity contribution is 7.89. The van der Waals surface area contributed by atoms with Gasteiger partial charge in [0, 0.05) is 19.0 Å². The number of hydrogen-bond acceptors (Lipinski definition) is 5.